The minimum absolute atomic E-state index is 0.0441. The first-order chi connectivity index (χ1) is 15.4. The van der Waals surface area contributed by atoms with Crippen LogP contribution >= 0.6 is 0 Å². The lowest BCUT2D eigenvalue weighted by atomic mass is 10.0. The number of nitrogens with zero attached hydrogens (tertiary/aromatic N) is 4. The average Bonchev–Trinajstić information content (AvgIpc) is 3.19. The number of halogens is 1. The number of aryl methyl sites for hydroxylation is 1. The van der Waals surface area contributed by atoms with Gasteiger partial charge >= 0.3 is 0 Å². The molecular weight excluding hydrogens is 409 g/mol. The Bertz CT molecular complexity index is 1020. The number of hydrogen-bond donors (Lipinski definition) is 3. The third-order valence-electron chi connectivity index (χ3n) is 4.58. The Kier molecular flexibility index (Phi) is 9.34. The summed E-state index contributed by atoms with van der Waals surface area (Å²) in [5.41, 5.74) is 2.22. The minimum Gasteiger partial charge on any atom is -0.330 e. The highest BCUT2D eigenvalue weighted by Gasteiger charge is 2.10. The molecule has 1 unspecified atom stereocenters. The van der Waals surface area contributed by atoms with Crippen LogP contribution in [0.15, 0.2) is 65.0 Å². The van der Waals surface area contributed by atoms with Gasteiger partial charge in [-0.1, -0.05) is 33.4 Å². The van der Waals surface area contributed by atoms with Crippen molar-refractivity contribution in [1.29, 1.82) is 0 Å². The summed E-state index contributed by atoms with van der Waals surface area (Å²) in [4.78, 5) is 20.0. The van der Waals surface area contributed by atoms with Crippen LogP contribution in [0.3, 0.4) is 0 Å². The van der Waals surface area contributed by atoms with Gasteiger partial charge < -0.3 is 16.0 Å². The van der Waals surface area contributed by atoms with Crippen molar-refractivity contribution in [2.75, 3.05) is 10.6 Å². The summed E-state index contributed by atoms with van der Waals surface area (Å²) in [6.07, 6.45) is 9.81. The number of carbonyl (C=O) groups is 1. The monoisotopic (exact) mass is 439 g/mol. The molecule has 1 atom stereocenters. The second-order valence-electron chi connectivity index (χ2n) is 7.11. The lowest BCUT2D eigenvalue weighted by Gasteiger charge is -2.18. The molecule has 3 N–H and O–H groups in total. The lowest BCUT2D eigenvalue weighted by Crippen LogP contribution is -2.32. The van der Waals surface area contributed by atoms with Crippen LogP contribution in [0.4, 0.5) is 21.5 Å². The zero-order valence-electron chi connectivity index (χ0n) is 18.9. The molecule has 0 spiro atoms. The number of rotatable bonds is 9. The van der Waals surface area contributed by atoms with E-state index in [-0.39, 0.29) is 5.69 Å². The fourth-order valence-corrected chi connectivity index (χ4v) is 2.70. The molecule has 1 amide bonds. The summed E-state index contributed by atoms with van der Waals surface area (Å²) < 4.78 is 15.8. The lowest BCUT2D eigenvalue weighted by molar-refractivity contribution is -0.111. The van der Waals surface area contributed by atoms with E-state index < -0.39 is 11.7 Å². The summed E-state index contributed by atoms with van der Waals surface area (Å²) in [6.45, 7) is 9.71. The molecule has 2 aromatic rings. The molecule has 170 valence electrons. The summed E-state index contributed by atoms with van der Waals surface area (Å²) in [5, 5.41) is 13.2. The summed E-state index contributed by atoms with van der Waals surface area (Å²) in [6, 6.07) is 4.10. The van der Waals surface area contributed by atoms with Gasteiger partial charge in [-0.25, -0.2) is 14.4 Å². The van der Waals surface area contributed by atoms with Crippen molar-refractivity contribution in [3.63, 3.8) is 0 Å². The van der Waals surface area contributed by atoms with E-state index >= 15 is 0 Å². The molecule has 2 rings (SSSR count). The van der Waals surface area contributed by atoms with Gasteiger partial charge in [-0.15, -0.1) is 0 Å². The third kappa shape index (κ3) is 7.50. The molecule has 0 fully saturated rings. The van der Waals surface area contributed by atoms with E-state index in [1.807, 2.05) is 13.2 Å². The molecule has 8 nitrogen and oxygen atoms in total. The van der Waals surface area contributed by atoms with Crippen LogP contribution in [0.25, 0.3) is 0 Å². The van der Waals surface area contributed by atoms with Gasteiger partial charge in [-0.05, 0) is 43.0 Å². The number of guanidine groups is 1. The number of allylic oxidation sites excluding steroid dienone is 2. The molecule has 0 aliphatic heterocycles. The fourth-order valence-electron chi connectivity index (χ4n) is 2.70. The maximum absolute atomic E-state index is 14.2. The van der Waals surface area contributed by atoms with Crippen molar-refractivity contribution in [2.24, 2.45) is 23.0 Å². The van der Waals surface area contributed by atoms with Gasteiger partial charge in [0.1, 0.15) is 17.8 Å². The number of carbonyl (C=O) groups excluding carboxylic acids is 1. The average molecular weight is 440 g/mol. The molecule has 1 aromatic heterocycles. The highest BCUT2D eigenvalue weighted by atomic mass is 19.1. The van der Waals surface area contributed by atoms with Gasteiger partial charge in [0.05, 0.1) is 11.9 Å². The van der Waals surface area contributed by atoms with Gasteiger partial charge in [-0.3, -0.25) is 9.48 Å². The number of amides is 1. The normalized spacial score (nSPS) is 13.2. The number of aliphatic imine (C=N–C) groups is 2. The molecule has 0 saturated carbocycles. The summed E-state index contributed by atoms with van der Waals surface area (Å²) in [5.74, 6) is -0.195. The Morgan fingerprint density at radius 1 is 1.31 bits per heavy atom. The van der Waals surface area contributed by atoms with Crippen molar-refractivity contribution in [3.8, 4) is 0 Å². The molecular formula is C23H30FN7O. The van der Waals surface area contributed by atoms with Crippen LogP contribution in [0, 0.1) is 11.7 Å². The summed E-state index contributed by atoms with van der Waals surface area (Å²) >= 11 is 0. The molecule has 9 heteroatoms. The standard InChI is InChI=1S/C23H30FN7O/c1-6-9-20(16(4)7-2)30-23(29-18-13-27-31(5)14-18)26-15-25-21-12-17(10-11-19(21)24)28-22(32)8-3/h8-16H,3,6-7H2,1-2,4-5H3,(H,28,32)(H2,25,26,29,30)/b20-9+. The van der Waals surface area contributed by atoms with E-state index in [0.29, 0.717) is 17.6 Å². The van der Waals surface area contributed by atoms with Crippen molar-refractivity contribution in [1.82, 2.24) is 15.1 Å². The van der Waals surface area contributed by atoms with Crippen LogP contribution < -0.4 is 16.0 Å². The molecule has 0 saturated heterocycles. The zero-order chi connectivity index (χ0) is 23.5. The molecule has 0 aliphatic carbocycles. The van der Waals surface area contributed by atoms with Crippen LogP contribution in [0.2, 0.25) is 0 Å². The SMILES string of the molecule is C=CC(=O)Nc1ccc(F)c(N=CN=C(N/C(=C/CC)C(C)CC)Nc2cnn(C)c2)c1. The predicted molar refractivity (Wildman–Crippen MR) is 129 cm³/mol. The molecule has 0 aliphatic rings. The van der Waals surface area contributed by atoms with E-state index in [2.05, 4.69) is 64.5 Å². The first-order valence-corrected chi connectivity index (χ1v) is 10.4. The Morgan fingerprint density at radius 3 is 2.72 bits per heavy atom. The van der Waals surface area contributed by atoms with E-state index in [1.165, 1.54) is 24.5 Å². The Hall–Kier alpha value is -3.75. The Balaban J connectivity index is 2.30. The minimum atomic E-state index is -0.533. The topological polar surface area (TPSA) is 95.7 Å². The van der Waals surface area contributed by atoms with Gasteiger partial charge in [0, 0.05) is 24.6 Å². The van der Waals surface area contributed by atoms with Crippen LogP contribution in [0.5, 0.6) is 0 Å². The van der Waals surface area contributed by atoms with E-state index in [1.54, 1.807) is 10.9 Å². The smallest absolute Gasteiger partial charge is 0.247 e. The number of nitrogens with one attached hydrogen (secondary N) is 3. The fraction of sp³-hybridized carbons (Fsp3) is 0.304. The van der Waals surface area contributed by atoms with Crippen molar-refractivity contribution in [2.45, 2.75) is 33.6 Å². The number of anilines is 2. The van der Waals surface area contributed by atoms with E-state index in [0.717, 1.165) is 30.3 Å². The molecule has 1 heterocycles. The quantitative estimate of drug-likeness (QED) is 0.299. The third-order valence-corrected chi connectivity index (χ3v) is 4.58. The Morgan fingerprint density at radius 2 is 2.09 bits per heavy atom. The van der Waals surface area contributed by atoms with E-state index in [9.17, 15) is 9.18 Å². The van der Waals surface area contributed by atoms with Gasteiger partial charge in [0.2, 0.25) is 11.9 Å². The van der Waals surface area contributed by atoms with Crippen LogP contribution in [0.1, 0.15) is 33.6 Å². The highest BCUT2D eigenvalue weighted by Crippen LogP contribution is 2.22. The highest BCUT2D eigenvalue weighted by molar-refractivity contribution is 6.00. The van der Waals surface area contributed by atoms with Gasteiger partial charge in [-0.2, -0.15) is 5.10 Å². The maximum atomic E-state index is 14.2. The van der Waals surface area contributed by atoms with Gasteiger partial charge in [0.15, 0.2) is 0 Å². The number of hydrogen-bond acceptors (Lipinski definition) is 3. The second-order valence-corrected chi connectivity index (χ2v) is 7.11. The van der Waals surface area contributed by atoms with Crippen LogP contribution in [-0.4, -0.2) is 28.0 Å². The van der Waals surface area contributed by atoms with Crippen molar-refractivity contribution >= 4 is 35.3 Å². The Labute approximate surface area is 188 Å². The van der Waals surface area contributed by atoms with Crippen molar-refractivity contribution in [3.05, 3.63) is 60.8 Å². The zero-order valence-corrected chi connectivity index (χ0v) is 18.9. The number of benzene rings is 1. The largest absolute Gasteiger partial charge is 0.330 e. The van der Waals surface area contributed by atoms with Crippen molar-refractivity contribution < 1.29 is 9.18 Å². The predicted octanol–water partition coefficient (Wildman–Crippen LogP) is 4.74. The second kappa shape index (κ2) is 12.2. The number of aromatic nitrogens is 2. The van der Waals surface area contributed by atoms with Crippen LogP contribution in [-0.2, 0) is 11.8 Å². The van der Waals surface area contributed by atoms with E-state index in [4.69, 9.17) is 0 Å². The molecule has 0 bridgehead atoms. The molecule has 32 heavy (non-hydrogen) atoms. The summed E-state index contributed by atoms with van der Waals surface area (Å²) in [7, 11) is 1.82. The first-order valence-electron chi connectivity index (χ1n) is 10.4. The maximum Gasteiger partial charge on any atom is 0.247 e. The first kappa shape index (κ1) is 24.5. The molecule has 1 aromatic carbocycles. The van der Waals surface area contributed by atoms with Gasteiger partial charge in [0.25, 0.3) is 0 Å². The molecule has 0 radical (unpaired) electrons.